The Balaban J connectivity index is 0.000000271. The summed E-state index contributed by atoms with van der Waals surface area (Å²) >= 11 is 26.8. The van der Waals surface area contributed by atoms with Gasteiger partial charge in [-0.15, -0.1) is 0 Å². The first-order valence-electron chi connectivity index (χ1n) is 33.5. The minimum absolute atomic E-state index is 0.00431. The molecule has 2 aliphatic rings. The van der Waals surface area contributed by atoms with Crippen LogP contribution in [-0.2, 0) is 101 Å². The highest BCUT2D eigenvalue weighted by Crippen LogP contribution is 2.39. The number of esters is 3. The molecule has 0 spiro atoms. The number of carboxylic acid groups (broad SMARTS) is 1. The van der Waals surface area contributed by atoms with Crippen LogP contribution in [0.4, 0.5) is 4.79 Å². The van der Waals surface area contributed by atoms with E-state index in [1.54, 1.807) is 125 Å². The lowest BCUT2D eigenvalue weighted by Gasteiger charge is -2.30. The molecule has 0 saturated carbocycles. The number of fused-ring (bicyclic) bond motifs is 4. The van der Waals surface area contributed by atoms with Gasteiger partial charge in [-0.3, -0.25) is 38.4 Å². The Morgan fingerprint density at radius 1 is 0.538 bits per heavy atom. The summed E-state index contributed by atoms with van der Waals surface area (Å²) in [6, 6.07) is 29.1. The number of hydrogen-bond acceptors (Lipinski definition) is 20. The van der Waals surface area contributed by atoms with Crippen molar-refractivity contribution < 1.29 is 97.6 Å². The van der Waals surface area contributed by atoms with Crippen LogP contribution in [-0.4, -0.2) is 137 Å². The van der Waals surface area contributed by atoms with Crippen LogP contribution < -0.4 is 0 Å². The lowest BCUT2D eigenvalue weighted by atomic mass is 9.89. The number of ketones is 2. The lowest BCUT2D eigenvalue weighted by Crippen LogP contribution is -2.36. The molecule has 3 atom stereocenters. The second-order valence-corrected chi connectivity index (χ2v) is 33.8. The first kappa shape index (κ1) is 81.0. The molecule has 2 aromatic heterocycles. The van der Waals surface area contributed by atoms with Crippen molar-refractivity contribution in [3.05, 3.63) is 197 Å². The third-order valence-electron chi connectivity index (χ3n) is 17.6. The zero-order valence-corrected chi connectivity index (χ0v) is 64.0. The van der Waals surface area contributed by atoms with E-state index in [1.807, 2.05) is 12.1 Å². The van der Waals surface area contributed by atoms with Crippen molar-refractivity contribution in [2.24, 2.45) is 28.6 Å². The fourth-order valence-electron chi connectivity index (χ4n) is 11.8. The Morgan fingerprint density at radius 2 is 0.953 bits per heavy atom. The number of sulfone groups is 2. The van der Waals surface area contributed by atoms with Gasteiger partial charge in [0.2, 0.25) is 6.29 Å². The van der Waals surface area contributed by atoms with Crippen molar-refractivity contribution in [1.82, 2.24) is 9.80 Å². The van der Waals surface area contributed by atoms with Crippen molar-refractivity contribution in [2.45, 2.75) is 116 Å². The Bertz CT molecular complexity index is 4960. The molecule has 23 nitrogen and oxygen atoms in total. The van der Waals surface area contributed by atoms with Gasteiger partial charge in [0.1, 0.15) is 31.0 Å². The Morgan fingerprint density at radius 3 is 1.37 bits per heavy atom. The first-order chi connectivity index (χ1) is 49.7. The maximum Gasteiger partial charge on any atom is 0.511 e. The molecule has 0 fully saturated rings. The number of benzene rings is 6. The van der Waals surface area contributed by atoms with E-state index in [2.05, 4.69) is 0 Å². The number of aliphatic carboxylic acids is 1. The van der Waals surface area contributed by atoms with E-state index in [4.69, 9.17) is 78.9 Å². The third kappa shape index (κ3) is 20.5. The number of carbonyl (C=O) groups is 9. The van der Waals surface area contributed by atoms with Crippen molar-refractivity contribution >= 4 is 141 Å². The molecule has 106 heavy (non-hydrogen) atoms. The maximum absolute atomic E-state index is 14.1. The van der Waals surface area contributed by atoms with Crippen LogP contribution in [0.15, 0.2) is 140 Å². The molecule has 0 aliphatic carbocycles. The first-order valence-corrected chi connectivity index (χ1v) is 38.8. The van der Waals surface area contributed by atoms with Crippen LogP contribution >= 0.6 is 46.4 Å². The van der Waals surface area contributed by atoms with E-state index in [0.717, 1.165) is 23.3 Å². The molecule has 1 unspecified atom stereocenters. The summed E-state index contributed by atoms with van der Waals surface area (Å²) in [7, 11) is -7.12. The Labute approximate surface area is 632 Å². The third-order valence-corrected chi connectivity index (χ3v) is 21.3. The Hall–Kier alpha value is -9.11. The number of furan rings is 2. The second kappa shape index (κ2) is 33.8. The predicted octanol–water partition coefficient (Wildman–Crippen LogP) is 14.5. The zero-order chi connectivity index (χ0) is 77.5. The number of nitrogens with zero attached hydrogens (tertiary/aromatic N) is 2. The molecule has 2 amide bonds. The van der Waals surface area contributed by atoms with Crippen molar-refractivity contribution in [2.75, 3.05) is 45.4 Å². The molecular formula is C77H78Cl4N2O21S2. The summed E-state index contributed by atoms with van der Waals surface area (Å²) in [4.78, 5) is 121. The lowest BCUT2D eigenvalue weighted by molar-refractivity contribution is -0.173. The van der Waals surface area contributed by atoms with Gasteiger partial charge >= 0.3 is 30.0 Å². The number of Topliss-reactive ketones (excluding diaryl/α,β-unsaturated/α-hetero) is 2. The fraction of sp³-hybridized carbons (Fsp3) is 0.364. The molecule has 2 aliphatic heterocycles. The molecule has 0 saturated heterocycles. The second-order valence-electron chi connectivity index (χ2n) is 28.2. The summed E-state index contributed by atoms with van der Waals surface area (Å²) in [5.41, 5.74) is 4.01. The van der Waals surface area contributed by atoms with E-state index >= 15 is 0 Å². The van der Waals surface area contributed by atoms with Gasteiger partial charge in [0.15, 0.2) is 31.2 Å². The highest BCUT2D eigenvalue weighted by molar-refractivity contribution is 7.91. The molecule has 0 radical (unpaired) electrons. The standard InChI is InChI=1S/C47H53Cl2NO14S.C30H25Cl2NO7S/c1-27(64-45(56)62-26-29(24-60-43(54)46(2,3)4)25-61-44(55)47(5,6)7)63-42(53)32(18-28-10-9-11-34(19-28)65(8,57)58)21-37(51)39-36(48)20-33-23-50(16-14-35(33)40(39)49)41(52)31-13-12-30-15-17-59-38(30)22-31;1-41(38,39)22-4-2-3-17(12-22)11-20(30(36)37)14-25(34)27-24(31)13-21-16-33(9-7-23(21)28(27)32)29(35)19-6-5-18-8-10-40-26(18)15-19/h9-13,15,17,19-20,22,27,29,32H,14,16,18,21,23-26H2,1-8H3;2-6,8,10,12-13,15,20H,7,9,11,14,16H2,1H3,(H,36,37)/t27?,32-;20-/m11/s1. The summed E-state index contributed by atoms with van der Waals surface area (Å²) in [6.07, 6.45) is 1.99. The number of halogens is 4. The normalized spacial score (nSPS) is 14.0. The van der Waals surface area contributed by atoms with E-state index in [9.17, 15) is 65.1 Å². The number of hydrogen-bond donors (Lipinski definition) is 1. The van der Waals surface area contributed by atoms with E-state index in [0.29, 0.717) is 81.6 Å². The molecule has 0 bridgehead atoms. The molecule has 562 valence electrons. The fourth-order valence-corrected chi connectivity index (χ4v) is 14.8. The molecule has 4 heterocycles. The van der Waals surface area contributed by atoms with E-state index < -0.39 is 109 Å². The van der Waals surface area contributed by atoms with Crippen LogP contribution in [0.1, 0.15) is 136 Å². The largest absolute Gasteiger partial charge is 0.511 e. The number of carbonyl (C=O) groups excluding carboxylic acids is 8. The van der Waals surface area contributed by atoms with Crippen LogP contribution in [0.2, 0.25) is 20.1 Å². The minimum Gasteiger partial charge on any atom is -0.481 e. The van der Waals surface area contributed by atoms with Gasteiger partial charge in [-0.25, -0.2) is 21.6 Å². The van der Waals surface area contributed by atoms with Gasteiger partial charge < -0.3 is 47.4 Å². The zero-order valence-electron chi connectivity index (χ0n) is 59.4. The van der Waals surface area contributed by atoms with E-state index in [1.165, 1.54) is 43.3 Å². The number of carboxylic acids is 1. The monoisotopic (exact) mass is 1570 g/mol. The van der Waals surface area contributed by atoms with Crippen LogP contribution in [0, 0.1) is 28.6 Å². The SMILES string of the molecule is CC(OC(=O)OCC(COC(=O)C(C)(C)C)COC(=O)C(C)(C)C)OC(=O)[C@@H](CC(=O)c1c(Cl)cc2c(c1Cl)CCN(C(=O)c1ccc3ccoc3c1)C2)Cc1cccc(S(C)(=O)=O)c1.CS(=O)(=O)c1cccc(C[C@H](CC(=O)c2c(Cl)cc3c(c2Cl)CCN(C(=O)c2ccc4ccoc4c2)C3)C(=O)O)c1. The van der Waals surface area contributed by atoms with Gasteiger partial charge in [-0.2, -0.15) is 0 Å². The summed E-state index contributed by atoms with van der Waals surface area (Å²) in [5.74, 6) is -7.94. The van der Waals surface area contributed by atoms with Crippen LogP contribution in [0.5, 0.6) is 0 Å². The maximum atomic E-state index is 14.1. The van der Waals surface area contributed by atoms with E-state index in [-0.39, 0.29) is 98.4 Å². The summed E-state index contributed by atoms with van der Waals surface area (Å²) in [6.45, 7) is 11.4. The van der Waals surface area contributed by atoms with Gasteiger partial charge in [-0.1, -0.05) is 82.8 Å². The molecule has 29 heteroatoms. The van der Waals surface area contributed by atoms with Crippen LogP contribution in [0.25, 0.3) is 21.9 Å². The predicted molar refractivity (Wildman–Crippen MR) is 394 cm³/mol. The van der Waals surface area contributed by atoms with Crippen molar-refractivity contribution in [3.8, 4) is 0 Å². The van der Waals surface area contributed by atoms with Gasteiger partial charge in [0.25, 0.3) is 11.8 Å². The smallest absolute Gasteiger partial charge is 0.481 e. The topological polar surface area (TPSA) is 321 Å². The average Bonchev–Trinajstić information content (AvgIpc) is 1.09. The molecule has 1 N–H and O–H groups in total. The molecule has 8 aromatic rings. The van der Waals surface area contributed by atoms with Gasteiger partial charge in [-0.05, 0) is 173 Å². The quantitative estimate of drug-likeness (QED) is 0.0254. The van der Waals surface area contributed by atoms with Gasteiger partial charge in [0, 0.05) is 80.4 Å². The summed E-state index contributed by atoms with van der Waals surface area (Å²) in [5, 5.41) is 11.9. The highest BCUT2D eigenvalue weighted by atomic mass is 35.5. The summed E-state index contributed by atoms with van der Waals surface area (Å²) < 4.78 is 86.1. The van der Waals surface area contributed by atoms with Crippen LogP contribution in [0.3, 0.4) is 0 Å². The number of amides is 2. The average molecular weight is 1570 g/mol. The number of rotatable bonds is 24. The van der Waals surface area contributed by atoms with Crippen molar-refractivity contribution in [3.63, 3.8) is 0 Å². The minimum atomic E-state index is -3.64. The number of ether oxygens (including phenoxy) is 5. The Kier molecular flexibility index (Phi) is 25.8. The van der Waals surface area contributed by atoms with Crippen molar-refractivity contribution in [1.29, 1.82) is 0 Å². The molecule has 10 rings (SSSR count). The highest BCUT2D eigenvalue weighted by Gasteiger charge is 2.36. The molecule has 6 aromatic carbocycles. The van der Waals surface area contributed by atoms with Gasteiger partial charge in [0.05, 0.1) is 82.1 Å². The molecular weight excluding hydrogens is 1490 g/mol.